The van der Waals surface area contributed by atoms with Crippen molar-refractivity contribution in [3.8, 4) is 5.88 Å². The summed E-state index contributed by atoms with van der Waals surface area (Å²) in [4.78, 5) is 7.18. The first-order valence-corrected chi connectivity index (χ1v) is 4.55. The van der Waals surface area contributed by atoms with Crippen LogP contribution in [0, 0.1) is 6.92 Å². The van der Waals surface area contributed by atoms with Gasteiger partial charge in [0.1, 0.15) is 0 Å². The summed E-state index contributed by atoms with van der Waals surface area (Å²) in [5, 5.41) is 0. The van der Waals surface area contributed by atoms with E-state index in [1.165, 1.54) is 6.92 Å². The summed E-state index contributed by atoms with van der Waals surface area (Å²) in [5.41, 5.74) is 2.32. The Bertz CT molecular complexity index is 422. The van der Waals surface area contributed by atoms with Crippen molar-refractivity contribution in [2.45, 2.75) is 19.0 Å². The summed E-state index contributed by atoms with van der Waals surface area (Å²) in [6.45, 7) is -0.395. The Labute approximate surface area is 98.1 Å². The van der Waals surface area contributed by atoms with Gasteiger partial charge in [0, 0.05) is 11.8 Å². The molecule has 102 valence electrons. The number of nitrogens with two attached hydrogens (primary N) is 1. The second-order valence-electron chi connectivity index (χ2n) is 3.31. The highest BCUT2D eigenvalue weighted by Gasteiger charge is 2.58. The maximum absolute atomic E-state index is 12.6. The monoisotopic (exact) mass is 272 g/mol. The van der Waals surface area contributed by atoms with Gasteiger partial charge >= 0.3 is 12.1 Å². The van der Waals surface area contributed by atoms with Crippen LogP contribution in [0.4, 0.5) is 27.9 Å². The SMILES string of the molecule is Cc1cc(OCC(F)(F)C(F)(F)F)nc(NN)n1. The minimum atomic E-state index is -5.68. The van der Waals surface area contributed by atoms with E-state index in [0.29, 0.717) is 5.69 Å². The Hall–Kier alpha value is -1.71. The second-order valence-corrected chi connectivity index (χ2v) is 3.31. The van der Waals surface area contributed by atoms with E-state index in [1.54, 1.807) is 0 Å². The second kappa shape index (κ2) is 4.88. The number of alkyl halides is 5. The molecule has 0 atom stereocenters. The molecule has 0 unspecified atom stereocenters. The van der Waals surface area contributed by atoms with Gasteiger partial charge in [-0.15, -0.1) is 0 Å². The van der Waals surface area contributed by atoms with Crippen LogP contribution in [0.1, 0.15) is 5.69 Å². The molecule has 1 heterocycles. The number of rotatable bonds is 4. The van der Waals surface area contributed by atoms with E-state index < -0.39 is 24.6 Å². The van der Waals surface area contributed by atoms with Crippen LogP contribution in [0.3, 0.4) is 0 Å². The average Bonchev–Trinajstić information content (AvgIpc) is 2.24. The van der Waals surface area contributed by atoms with Gasteiger partial charge in [-0.1, -0.05) is 0 Å². The first-order valence-electron chi connectivity index (χ1n) is 4.55. The molecule has 0 aliphatic carbocycles. The number of nitrogens with one attached hydrogen (secondary N) is 1. The zero-order valence-corrected chi connectivity index (χ0v) is 9.05. The van der Waals surface area contributed by atoms with Crippen molar-refractivity contribution in [1.82, 2.24) is 9.97 Å². The third-order valence-electron chi connectivity index (χ3n) is 1.78. The number of ether oxygens (including phenoxy) is 1. The van der Waals surface area contributed by atoms with Crippen molar-refractivity contribution in [2.75, 3.05) is 12.0 Å². The number of hydrazine groups is 1. The van der Waals surface area contributed by atoms with Gasteiger partial charge in [0.05, 0.1) is 0 Å². The number of hydrogen-bond acceptors (Lipinski definition) is 5. The topological polar surface area (TPSA) is 73.1 Å². The fraction of sp³-hybridized carbons (Fsp3) is 0.500. The molecule has 0 aliphatic rings. The molecule has 1 aromatic rings. The molecule has 1 aromatic heterocycles. The molecule has 0 aliphatic heterocycles. The predicted octanol–water partition coefficient (Wildman–Crippen LogP) is 1.65. The van der Waals surface area contributed by atoms with Crippen LogP contribution in [0.5, 0.6) is 5.88 Å². The molecule has 0 saturated heterocycles. The van der Waals surface area contributed by atoms with E-state index in [9.17, 15) is 22.0 Å². The number of nitrogens with zero attached hydrogens (tertiary/aromatic N) is 2. The van der Waals surface area contributed by atoms with Gasteiger partial charge in [-0.3, -0.25) is 5.43 Å². The number of nitrogen functional groups attached to an aromatic ring is 1. The van der Waals surface area contributed by atoms with Crippen LogP contribution in [-0.4, -0.2) is 28.7 Å². The first kappa shape index (κ1) is 14.4. The molecule has 0 bridgehead atoms. The summed E-state index contributed by atoms with van der Waals surface area (Å²) in [5.74, 6) is -0.560. The van der Waals surface area contributed by atoms with Crippen LogP contribution in [-0.2, 0) is 0 Å². The normalized spacial score (nSPS) is 12.4. The lowest BCUT2D eigenvalue weighted by Crippen LogP contribution is -2.41. The van der Waals surface area contributed by atoms with E-state index in [1.807, 2.05) is 5.43 Å². The van der Waals surface area contributed by atoms with Gasteiger partial charge in [0.25, 0.3) is 0 Å². The lowest BCUT2D eigenvalue weighted by Gasteiger charge is -2.19. The van der Waals surface area contributed by atoms with E-state index in [4.69, 9.17) is 5.84 Å². The van der Waals surface area contributed by atoms with Crippen LogP contribution in [0.15, 0.2) is 6.07 Å². The summed E-state index contributed by atoms with van der Waals surface area (Å²) >= 11 is 0. The van der Waals surface area contributed by atoms with Crippen LogP contribution in [0.25, 0.3) is 0 Å². The maximum atomic E-state index is 12.6. The molecule has 5 nitrogen and oxygen atoms in total. The molecule has 3 N–H and O–H groups in total. The van der Waals surface area contributed by atoms with Gasteiger partial charge in [-0.2, -0.15) is 26.9 Å². The maximum Gasteiger partial charge on any atom is 0.456 e. The summed E-state index contributed by atoms with van der Waals surface area (Å²) in [7, 11) is 0. The quantitative estimate of drug-likeness (QED) is 0.495. The standard InChI is InChI=1S/C8H9F5N4O/c1-4-2-5(16-6(15-4)17-14)18-3-7(9,10)8(11,12)13/h2H,3,14H2,1H3,(H,15,16,17). The van der Waals surface area contributed by atoms with Gasteiger partial charge in [0.2, 0.25) is 11.8 Å². The molecular weight excluding hydrogens is 263 g/mol. The first-order chi connectivity index (χ1) is 8.15. The number of anilines is 1. The lowest BCUT2D eigenvalue weighted by atomic mass is 10.3. The molecule has 0 radical (unpaired) electrons. The molecule has 10 heteroatoms. The Balaban J connectivity index is 2.78. The van der Waals surface area contributed by atoms with Crippen molar-refractivity contribution in [3.05, 3.63) is 11.8 Å². The fourth-order valence-corrected chi connectivity index (χ4v) is 0.925. The van der Waals surface area contributed by atoms with E-state index in [2.05, 4.69) is 14.7 Å². The van der Waals surface area contributed by atoms with Crippen LogP contribution >= 0.6 is 0 Å². The Morgan fingerprint density at radius 1 is 1.28 bits per heavy atom. The van der Waals surface area contributed by atoms with E-state index in [-0.39, 0.29) is 5.95 Å². The van der Waals surface area contributed by atoms with E-state index >= 15 is 0 Å². The van der Waals surface area contributed by atoms with Gasteiger partial charge in [-0.05, 0) is 6.92 Å². The molecule has 18 heavy (non-hydrogen) atoms. The predicted molar refractivity (Wildman–Crippen MR) is 51.1 cm³/mol. The Morgan fingerprint density at radius 2 is 1.89 bits per heavy atom. The molecule has 0 aromatic carbocycles. The third-order valence-corrected chi connectivity index (χ3v) is 1.78. The lowest BCUT2D eigenvalue weighted by molar-refractivity contribution is -0.290. The zero-order chi connectivity index (χ0) is 14.0. The molecule has 0 saturated carbocycles. The van der Waals surface area contributed by atoms with Gasteiger partial charge < -0.3 is 4.74 Å². The highest BCUT2D eigenvalue weighted by Crippen LogP contribution is 2.35. The summed E-state index contributed by atoms with van der Waals surface area (Å²) in [6.07, 6.45) is -5.68. The van der Waals surface area contributed by atoms with Crippen molar-refractivity contribution in [2.24, 2.45) is 5.84 Å². The van der Waals surface area contributed by atoms with Crippen molar-refractivity contribution < 1.29 is 26.7 Å². The number of halogens is 5. The average molecular weight is 272 g/mol. The Morgan fingerprint density at radius 3 is 2.39 bits per heavy atom. The summed E-state index contributed by atoms with van der Waals surface area (Å²) in [6, 6.07) is 1.10. The molecule has 1 rings (SSSR count). The van der Waals surface area contributed by atoms with E-state index in [0.717, 1.165) is 6.07 Å². The van der Waals surface area contributed by atoms with Gasteiger partial charge in [-0.25, -0.2) is 10.8 Å². The van der Waals surface area contributed by atoms with Crippen molar-refractivity contribution in [3.63, 3.8) is 0 Å². The third kappa shape index (κ3) is 3.39. The highest BCUT2D eigenvalue weighted by atomic mass is 19.4. The number of aromatic nitrogens is 2. The molecule has 0 spiro atoms. The van der Waals surface area contributed by atoms with Crippen LogP contribution < -0.4 is 16.0 Å². The molecule has 0 amide bonds. The smallest absolute Gasteiger partial charge is 0.456 e. The van der Waals surface area contributed by atoms with Gasteiger partial charge in [0.15, 0.2) is 6.61 Å². The summed E-state index contributed by atoms with van der Waals surface area (Å²) < 4.78 is 65.0. The Kier molecular flexibility index (Phi) is 3.89. The fourth-order valence-electron chi connectivity index (χ4n) is 0.925. The minimum Gasteiger partial charge on any atom is -0.471 e. The molecular formula is C8H9F5N4O. The number of hydrogen-bond donors (Lipinski definition) is 2. The highest BCUT2D eigenvalue weighted by molar-refractivity contribution is 5.28. The molecule has 0 fully saturated rings. The number of aryl methyl sites for hydroxylation is 1. The van der Waals surface area contributed by atoms with Crippen LogP contribution in [0.2, 0.25) is 0 Å². The minimum absolute atomic E-state index is 0.152. The largest absolute Gasteiger partial charge is 0.471 e. The van der Waals surface area contributed by atoms with Crippen molar-refractivity contribution >= 4 is 5.95 Å². The zero-order valence-electron chi connectivity index (χ0n) is 9.05. The van der Waals surface area contributed by atoms with Crippen molar-refractivity contribution in [1.29, 1.82) is 0 Å².